The van der Waals surface area contributed by atoms with Crippen molar-refractivity contribution in [2.75, 3.05) is 6.61 Å². The van der Waals surface area contributed by atoms with Gasteiger partial charge < -0.3 is 9.47 Å². The summed E-state index contributed by atoms with van der Waals surface area (Å²) >= 11 is 0. The molecule has 1 heterocycles. The quantitative estimate of drug-likeness (QED) is 0.730. The first-order valence-electron chi connectivity index (χ1n) is 5.66. The Kier molecular flexibility index (Phi) is 3.94. The van der Waals surface area contributed by atoms with Gasteiger partial charge in [0, 0.05) is 6.42 Å². The van der Waals surface area contributed by atoms with E-state index in [1.54, 1.807) is 0 Å². The van der Waals surface area contributed by atoms with Crippen LogP contribution in [-0.2, 0) is 20.9 Å². The lowest BCUT2D eigenvalue weighted by Gasteiger charge is -2.21. The van der Waals surface area contributed by atoms with Gasteiger partial charge in [-0.1, -0.05) is 30.3 Å². The predicted octanol–water partition coefficient (Wildman–Crippen LogP) is 2.30. The van der Waals surface area contributed by atoms with Crippen LogP contribution in [0.3, 0.4) is 0 Å². The Bertz CT molecular complexity index is 334. The summed E-state index contributed by atoms with van der Waals surface area (Å²) in [6, 6.07) is 9.99. The van der Waals surface area contributed by atoms with E-state index in [4.69, 9.17) is 9.47 Å². The van der Waals surface area contributed by atoms with Gasteiger partial charge >= 0.3 is 5.97 Å². The van der Waals surface area contributed by atoms with Crippen molar-refractivity contribution in [1.82, 2.24) is 0 Å². The van der Waals surface area contributed by atoms with E-state index < -0.39 is 0 Å². The average Bonchev–Trinajstić information content (AvgIpc) is 2.30. The molecule has 3 nitrogen and oxygen atoms in total. The van der Waals surface area contributed by atoms with Crippen molar-refractivity contribution in [3.05, 3.63) is 35.9 Å². The molecule has 1 atom stereocenters. The Hall–Kier alpha value is -1.35. The highest BCUT2D eigenvalue weighted by atomic mass is 16.6. The summed E-state index contributed by atoms with van der Waals surface area (Å²) in [6.07, 6.45) is 2.33. The fourth-order valence-corrected chi connectivity index (χ4v) is 1.78. The number of ether oxygens (including phenoxy) is 2. The van der Waals surface area contributed by atoms with Crippen LogP contribution < -0.4 is 0 Å². The van der Waals surface area contributed by atoms with Gasteiger partial charge in [-0.25, -0.2) is 0 Å². The van der Waals surface area contributed by atoms with Crippen LogP contribution in [0, 0.1) is 0 Å². The number of benzene rings is 1. The molecule has 2 rings (SSSR count). The summed E-state index contributed by atoms with van der Waals surface area (Å²) < 4.78 is 10.7. The second-order valence-electron chi connectivity index (χ2n) is 4.00. The van der Waals surface area contributed by atoms with E-state index in [9.17, 15) is 4.79 Å². The zero-order chi connectivity index (χ0) is 11.2. The van der Waals surface area contributed by atoms with Crippen LogP contribution >= 0.6 is 0 Å². The maximum absolute atomic E-state index is 11.0. The van der Waals surface area contributed by atoms with Gasteiger partial charge in [-0.15, -0.1) is 0 Å². The lowest BCUT2D eigenvalue weighted by Crippen LogP contribution is -2.27. The zero-order valence-electron chi connectivity index (χ0n) is 9.22. The van der Waals surface area contributed by atoms with Crippen LogP contribution in [0.2, 0.25) is 0 Å². The lowest BCUT2D eigenvalue weighted by atomic mass is 10.1. The van der Waals surface area contributed by atoms with Crippen LogP contribution in [-0.4, -0.2) is 18.7 Å². The van der Waals surface area contributed by atoms with E-state index in [1.165, 1.54) is 0 Å². The van der Waals surface area contributed by atoms with Crippen molar-refractivity contribution in [2.24, 2.45) is 0 Å². The summed E-state index contributed by atoms with van der Waals surface area (Å²) in [4.78, 5) is 11.0. The lowest BCUT2D eigenvalue weighted by molar-refractivity contribution is -0.157. The molecule has 0 saturated carbocycles. The van der Waals surface area contributed by atoms with E-state index >= 15 is 0 Å². The first kappa shape index (κ1) is 11.1. The predicted molar refractivity (Wildman–Crippen MR) is 59.8 cm³/mol. The molecular formula is C13H16O3. The minimum atomic E-state index is -0.0976. The molecule has 3 heteroatoms. The molecule has 1 unspecified atom stereocenters. The number of carbonyl (C=O) groups is 1. The van der Waals surface area contributed by atoms with E-state index in [-0.39, 0.29) is 12.1 Å². The number of cyclic esters (lactones) is 1. The molecular weight excluding hydrogens is 204 g/mol. The van der Waals surface area contributed by atoms with E-state index in [2.05, 4.69) is 0 Å². The topological polar surface area (TPSA) is 35.5 Å². The Morgan fingerprint density at radius 2 is 2.12 bits per heavy atom. The first-order chi connectivity index (χ1) is 7.84. The molecule has 0 N–H and O–H groups in total. The SMILES string of the molecule is O=C1CCCC(COCc2ccccc2)O1. The first-order valence-corrected chi connectivity index (χ1v) is 5.66. The number of carbonyl (C=O) groups excluding carboxylic acids is 1. The second kappa shape index (κ2) is 5.66. The molecule has 1 aliphatic rings. The summed E-state index contributed by atoms with van der Waals surface area (Å²) in [6.45, 7) is 1.08. The highest BCUT2D eigenvalue weighted by Gasteiger charge is 2.20. The Labute approximate surface area is 95.4 Å². The van der Waals surface area contributed by atoms with Gasteiger partial charge in [-0.2, -0.15) is 0 Å². The minimum absolute atomic E-state index is 0.0510. The van der Waals surface area contributed by atoms with Crippen LogP contribution in [0.4, 0.5) is 0 Å². The summed E-state index contributed by atoms with van der Waals surface area (Å²) in [5.41, 5.74) is 1.14. The zero-order valence-corrected chi connectivity index (χ0v) is 9.22. The van der Waals surface area contributed by atoms with E-state index in [0.29, 0.717) is 19.6 Å². The molecule has 0 amide bonds. The number of hydrogen-bond donors (Lipinski definition) is 0. The summed E-state index contributed by atoms with van der Waals surface area (Å²) in [7, 11) is 0. The summed E-state index contributed by atoms with van der Waals surface area (Å²) in [5, 5.41) is 0. The smallest absolute Gasteiger partial charge is 0.306 e. The van der Waals surface area contributed by atoms with Gasteiger partial charge in [-0.3, -0.25) is 4.79 Å². The molecule has 1 aromatic carbocycles. The van der Waals surface area contributed by atoms with Crippen molar-refractivity contribution in [1.29, 1.82) is 0 Å². The van der Waals surface area contributed by atoms with Crippen molar-refractivity contribution in [3.63, 3.8) is 0 Å². The molecule has 0 aliphatic carbocycles. The molecule has 0 radical (unpaired) electrons. The highest BCUT2D eigenvalue weighted by Crippen LogP contribution is 2.14. The van der Waals surface area contributed by atoms with Crippen molar-refractivity contribution >= 4 is 5.97 Å². The van der Waals surface area contributed by atoms with Crippen molar-refractivity contribution in [3.8, 4) is 0 Å². The molecule has 0 spiro atoms. The molecule has 0 bridgehead atoms. The summed E-state index contributed by atoms with van der Waals surface area (Å²) in [5.74, 6) is -0.0976. The number of hydrogen-bond acceptors (Lipinski definition) is 3. The maximum Gasteiger partial charge on any atom is 0.306 e. The largest absolute Gasteiger partial charge is 0.460 e. The Morgan fingerprint density at radius 3 is 2.88 bits per heavy atom. The van der Waals surface area contributed by atoms with Crippen LogP contribution in [0.15, 0.2) is 30.3 Å². The third kappa shape index (κ3) is 3.35. The third-order valence-corrected chi connectivity index (χ3v) is 2.62. The Balaban J connectivity index is 1.70. The van der Waals surface area contributed by atoms with E-state index in [0.717, 1.165) is 18.4 Å². The van der Waals surface area contributed by atoms with E-state index in [1.807, 2.05) is 30.3 Å². The molecule has 1 aromatic rings. The van der Waals surface area contributed by atoms with Gasteiger partial charge in [0.15, 0.2) is 0 Å². The maximum atomic E-state index is 11.0. The monoisotopic (exact) mass is 220 g/mol. The van der Waals surface area contributed by atoms with Gasteiger partial charge in [-0.05, 0) is 18.4 Å². The Morgan fingerprint density at radius 1 is 1.31 bits per heavy atom. The molecule has 1 fully saturated rings. The molecule has 16 heavy (non-hydrogen) atoms. The number of rotatable bonds is 4. The van der Waals surface area contributed by atoms with Gasteiger partial charge in [0.05, 0.1) is 13.2 Å². The fraction of sp³-hybridized carbons (Fsp3) is 0.462. The second-order valence-corrected chi connectivity index (χ2v) is 4.00. The highest BCUT2D eigenvalue weighted by molar-refractivity contribution is 5.70. The van der Waals surface area contributed by atoms with Crippen LogP contribution in [0.25, 0.3) is 0 Å². The van der Waals surface area contributed by atoms with Crippen LogP contribution in [0.1, 0.15) is 24.8 Å². The molecule has 86 valence electrons. The van der Waals surface area contributed by atoms with Crippen molar-refractivity contribution in [2.45, 2.75) is 32.0 Å². The molecule has 1 aliphatic heterocycles. The normalized spacial score (nSPS) is 20.5. The van der Waals surface area contributed by atoms with Crippen LogP contribution in [0.5, 0.6) is 0 Å². The fourth-order valence-electron chi connectivity index (χ4n) is 1.78. The van der Waals surface area contributed by atoms with Gasteiger partial charge in [0.25, 0.3) is 0 Å². The standard InChI is InChI=1S/C13H16O3/c14-13-8-4-7-12(16-13)10-15-9-11-5-2-1-3-6-11/h1-3,5-6,12H,4,7-10H2. The molecule has 1 saturated heterocycles. The average molecular weight is 220 g/mol. The van der Waals surface area contributed by atoms with Gasteiger partial charge in [0.1, 0.15) is 6.10 Å². The molecule has 0 aromatic heterocycles. The number of esters is 1. The third-order valence-electron chi connectivity index (χ3n) is 2.62. The van der Waals surface area contributed by atoms with Gasteiger partial charge in [0.2, 0.25) is 0 Å². The minimum Gasteiger partial charge on any atom is -0.460 e. The van der Waals surface area contributed by atoms with Crippen molar-refractivity contribution < 1.29 is 14.3 Å².